The van der Waals surface area contributed by atoms with Crippen molar-refractivity contribution in [3.05, 3.63) is 45.3 Å². The first-order valence-corrected chi connectivity index (χ1v) is 10.3. The topological polar surface area (TPSA) is 30.2 Å². The molecule has 0 spiro atoms. The molecule has 0 aliphatic carbocycles. The van der Waals surface area contributed by atoms with E-state index in [0.29, 0.717) is 0 Å². The van der Waals surface area contributed by atoms with Gasteiger partial charge in [0.15, 0.2) is 5.43 Å². The minimum atomic E-state index is 0.128. The van der Waals surface area contributed by atoms with Crippen molar-refractivity contribution in [2.75, 3.05) is 0 Å². The third-order valence-electron chi connectivity index (χ3n) is 4.91. The zero-order chi connectivity index (χ0) is 18.1. The van der Waals surface area contributed by atoms with E-state index < -0.39 is 0 Å². The molecule has 1 aromatic heterocycles. The van der Waals surface area contributed by atoms with E-state index in [2.05, 4.69) is 32.9 Å². The fourth-order valence-corrected chi connectivity index (χ4v) is 3.39. The van der Waals surface area contributed by atoms with Gasteiger partial charge in [0.2, 0.25) is 0 Å². The van der Waals surface area contributed by atoms with E-state index in [1.807, 2.05) is 0 Å². The summed E-state index contributed by atoms with van der Waals surface area (Å²) in [5, 5.41) is 0.777. The molecule has 0 bridgehead atoms. The summed E-state index contributed by atoms with van der Waals surface area (Å²) in [6.07, 6.45) is 12.3. The number of hydrogen-bond acceptors (Lipinski definition) is 2. The van der Waals surface area contributed by atoms with Crippen LogP contribution in [0, 0.1) is 0 Å². The van der Waals surface area contributed by atoms with Gasteiger partial charge >= 0.3 is 0 Å². The summed E-state index contributed by atoms with van der Waals surface area (Å²) in [7, 11) is 0. The average Bonchev–Trinajstić information content (AvgIpc) is 2.61. The summed E-state index contributed by atoms with van der Waals surface area (Å²) in [5.41, 5.74) is 3.48. The van der Waals surface area contributed by atoms with Gasteiger partial charge in [-0.05, 0) is 49.3 Å². The van der Waals surface area contributed by atoms with Crippen LogP contribution in [0.2, 0.25) is 0 Å². The van der Waals surface area contributed by atoms with Gasteiger partial charge < -0.3 is 4.42 Å². The molecular weight excluding hydrogens is 308 g/mol. The Hall–Kier alpha value is -1.57. The third-order valence-corrected chi connectivity index (χ3v) is 4.91. The lowest BCUT2D eigenvalue weighted by Crippen LogP contribution is -2.05. The standard InChI is InChI=1S/C23H34O2/c1-4-7-10-12-18-15-19(13-9-6-3)23-21(16-18)22(24)17-20(25-23)14-11-8-5-2/h15-17H,4-14H2,1-3H3. The zero-order valence-corrected chi connectivity index (χ0v) is 16.3. The summed E-state index contributed by atoms with van der Waals surface area (Å²) in [4.78, 5) is 12.7. The first-order chi connectivity index (χ1) is 12.2. The molecule has 2 aromatic rings. The number of fused-ring (bicyclic) bond motifs is 1. The Balaban J connectivity index is 2.38. The Bertz CT molecular complexity index is 712. The van der Waals surface area contributed by atoms with Crippen molar-refractivity contribution in [1.29, 1.82) is 0 Å². The SMILES string of the molecule is CCCCCc1cc(CCCC)c2oc(CCCCC)cc(=O)c2c1. The predicted octanol–water partition coefficient (Wildman–Crippen LogP) is 6.60. The molecule has 0 N–H and O–H groups in total. The molecule has 0 saturated carbocycles. The lowest BCUT2D eigenvalue weighted by atomic mass is 9.98. The molecule has 138 valence electrons. The molecule has 1 heterocycles. The van der Waals surface area contributed by atoms with E-state index in [0.717, 1.165) is 55.3 Å². The van der Waals surface area contributed by atoms with Gasteiger partial charge in [-0.1, -0.05) is 58.9 Å². The molecule has 1 aromatic carbocycles. The van der Waals surface area contributed by atoms with Crippen LogP contribution in [0.3, 0.4) is 0 Å². The Kier molecular flexibility index (Phi) is 8.24. The molecule has 0 aliphatic heterocycles. The normalized spacial score (nSPS) is 11.3. The van der Waals surface area contributed by atoms with Gasteiger partial charge in [-0.3, -0.25) is 4.79 Å². The van der Waals surface area contributed by atoms with Crippen LogP contribution in [0.1, 0.15) is 89.0 Å². The highest BCUT2D eigenvalue weighted by molar-refractivity contribution is 5.80. The largest absolute Gasteiger partial charge is 0.461 e. The van der Waals surface area contributed by atoms with E-state index >= 15 is 0 Å². The highest BCUT2D eigenvalue weighted by Gasteiger charge is 2.11. The maximum absolute atomic E-state index is 12.7. The van der Waals surface area contributed by atoms with Crippen LogP contribution >= 0.6 is 0 Å². The first-order valence-electron chi connectivity index (χ1n) is 10.3. The number of benzene rings is 1. The smallest absolute Gasteiger partial charge is 0.192 e. The summed E-state index contributed by atoms with van der Waals surface area (Å²) in [5.74, 6) is 0.849. The van der Waals surface area contributed by atoms with Crippen LogP contribution in [0.25, 0.3) is 11.0 Å². The van der Waals surface area contributed by atoms with Gasteiger partial charge in [0.25, 0.3) is 0 Å². The Morgan fingerprint density at radius 2 is 1.44 bits per heavy atom. The fourth-order valence-electron chi connectivity index (χ4n) is 3.39. The van der Waals surface area contributed by atoms with E-state index in [1.165, 1.54) is 43.2 Å². The van der Waals surface area contributed by atoms with Crippen molar-refractivity contribution >= 4 is 11.0 Å². The highest BCUT2D eigenvalue weighted by Crippen LogP contribution is 2.24. The zero-order valence-electron chi connectivity index (χ0n) is 16.3. The third kappa shape index (κ3) is 5.73. The Morgan fingerprint density at radius 1 is 0.760 bits per heavy atom. The maximum atomic E-state index is 12.7. The van der Waals surface area contributed by atoms with Crippen molar-refractivity contribution in [3.63, 3.8) is 0 Å². The number of rotatable bonds is 11. The van der Waals surface area contributed by atoms with Gasteiger partial charge in [0.05, 0.1) is 5.39 Å². The quantitative estimate of drug-likeness (QED) is 0.431. The van der Waals surface area contributed by atoms with Gasteiger partial charge in [-0.25, -0.2) is 0 Å². The van der Waals surface area contributed by atoms with Crippen molar-refractivity contribution in [1.82, 2.24) is 0 Å². The summed E-state index contributed by atoms with van der Waals surface area (Å²) in [6, 6.07) is 6.08. The van der Waals surface area contributed by atoms with Gasteiger partial charge in [-0.2, -0.15) is 0 Å². The second-order valence-electron chi connectivity index (χ2n) is 7.23. The average molecular weight is 343 g/mol. The van der Waals surface area contributed by atoms with Crippen LogP contribution < -0.4 is 5.43 Å². The van der Waals surface area contributed by atoms with E-state index in [-0.39, 0.29) is 5.43 Å². The molecule has 25 heavy (non-hydrogen) atoms. The molecule has 0 unspecified atom stereocenters. The van der Waals surface area contributed by atoms with Gasteiger partial charge in [0.1, 0.15) is 11.3 Å². The lowest BCUT2D eigenvalue weighted by molar-refractivity contribution is 0.515. The molecule has 2 rings (SSSR count). The van der Waals surface area contributed by atoms with Crippen molar-refractivity contribution in [3.8, 4) is 0 Å². The molecule has 0 aliphatic rings. The molecule has 0 fully saturated rings. The molecule has 2 heteroatoms. The van der Waals surface area contributed by atoms with Gasteiger partial charge in [0, 0.05) is 12.5 Å². The maximum Gasteiger partial charge on any atom is 0.192 e. The fraction of sp³-hybridized carbons (Fsp3) is 0.609. The number of unbranched alkanes of at least 4 members (excludes halogenated alkanes) is 5. The second kappa shape index (κ2) is 10.4. The van der Waals surface area contributed by atoms with Crippen molar-refractivity contribution in [2.45, 2.75) is 91.4 Å². The van der Waals surface area contributed by atoms with Crippen molar-refractivity contribution < 1.29 is 4.42 Å². The van der Waals surface area contributed by atoms with Crippen LogP contribution in [0.5, 0.6) is 0 Å². The summed E-state index contributed by atoms with van der Waals surface area (Å²) >= 11 is 0. The molecule has 0 radical (unpaired) electrons. The lowest BCUT2D eigenvalue weighted by Gasteiger charge is -2.11. The molecule has 0 saturated heterocycles. The minimum Gasteiger partial charge on any atom is -0.461 e. The molecule has 2 nitrogen and oxygen atoms in total. The predicted molar refractivity (Wildman–Crippen MR) is 108 cm³/mol. The number of aryl methyl sites for hydroxylation is 3. The van der Waals surface area contributed by atoms with Crippen LogP contribution in [-0.2, 0) is 19.3 Å². The molecule has 0 atom stereocenters. The van der Waals surface area contributed by atoms with E-state index in [4.69, 9.17) is 4.42 Å². The summed E-state index contributed by atoms with van der Waals surface area (Å²) in [6.45, 7) is 6.63. The van der Waals surface area contributed by atoms with Crippen LogP contribution in [0.15, 0.2) is 27.4 Å². The van der Waals surface area contributed by atoms with Crippen molar-refractivity contribution in [2.24, 2.45) is 0 Å². The second-order valence-corrected chi connectivity index (χ2v) is 7.23. The first kappa shape index (κ1) is 19.8. The van der Waals surface area contributed by atoms with E-state index in [9.17, 15) is 4.79 Å². The Labute approximate surface area is 152 Å². The van der Waals surface area contributed by atoms with Gasteiger partial charge in [-0.15, -0.1) is 0 Å². The minimum absolute atomic E-state index is 0.128. The highest BCUT2D eigenvalue weighted by atomic mass is 16.3. The summed E-state index contributed by atoms with van der Waals surface area (Å²) < 4.78 is 6.20. The van der Waals surface area contributed by atoms with Crippen LogP contribution in [0.4, 0.5) is 0 Å². The number of hydrogen-bond donors (Lipinski definition) is 0. The Morgan fingerprint density at radius 3 is 2.12 bits per heavy atom. The molecule has 0 amide bonds. The van der Waals surface area contributed by atoms with Crippen LogP contribution in [-0.4, -0.2) is 0 Å². The van der Waals surface area contributed by atoms with E-state index in [1.54, 1.807) is 6.07 Å². The molecular formula is C23H34O2. The monoisotopic (exact) mass is 342 g/mol.